The molecule has 1 atom stereocenters. The number of nitrogens with one attached hydrogen (secondary N) is 1. The number of urea groups is 1. The minimum Gasteiger partial charge on any atom is -0.396 e. The number of benzene rings is 2. The lowest BCUT2D eigenvalue weighted by molar-refractivity contribution is 0.0516. The molecule has 2 N–H and O–H groups in total. The zero-order chi connectivity index (χ0) is 17.9. The lowest BCUT2D eigenvalue weighted by atomic mass is 9.77. The summed E-state index contributed by atoms with van der Waals surface area (Å²) in [5.41, 5.74) is 1.11. The second-order valence-corrected chi connectivity index (χ2v) is 7.28. The molecule has 2 aromatic carbocycles. The smallest absolute Gasteiger partial charge is 0.317 e. The van der Waals surface area contributed by atoms with E-state index in [-0.39, 0.29) is 24.1 Å². The predicted molar refractivity (Wildman–Crippen MR) is 102 cm³/mol. The molecule has 4 nitrogen and oxygen atoms in total. The van der Waals surface area contributed by atoms with Crippen LogP contribution in [0.4, 0.5) is 4.79 Å². The number of hydrogen-bond acceptors (Lipinski definition) is 2. The molecule has 25 heavy (non-hydrogen) atoms. The Kier molecular flexibility index (Phi) is 5.28. The summed E-state index contributed by atoms with van der Waals surface area (Å²) in [4.78, 5) is 14.5. The highest BCUT2D eigenvalue weighted by atomic mass is 16.3. The van der Waals surface area contributed by atoms with E-state index in [1.54, 1.807) is 0 Å². The molecule has 0 saturated carbocycles. The van der Waals surface area contributed by atoms with Crippen LogP contribution >= 0.6 is 0 Å². The number of piperidine rings is 1. The van der Waals surface area contributed by atoms with Crippen LogP contribution in [0.2, 0.25) is 0 Å². The minimum absolute atomic E-state index is 0.000736. The number of aliphatic hydroxyl groups excluding tert-OH is 1. The van der Waals surface area contributed by atoms with Crippen LogP contribution in [0.15, 0.2) is 42.5 Å². The fraction of sp³-hybridized carbons (Fsp3) is 0.476. The van der Waals surface area contributed by atoms with Gasteiger partial charge in [-0.3, -0.25) is 0 Å². The van der Waals surface area contributed by atoms with Gasteiger partial charge in [0.15, 0.2) is 0 Å². The number of fused-ring (bicyclic) bond motifs is 1. The molecular weight excluding hydrogens is 312 g/mol. The second-order valence-electron chi connectivity index (χ2n) is 7.28. The molecule has 2 aromatic rings. The van der Waals surface area contributed by atoms with Crippen molar-refractivity contribution in [1.29, 1.82) is 0 Å². The maximum absolute atomic E-state index is 12.6. The number of carbonyl (C=O) groups is 1. The van der Waals surface area contributed by atoms with Crippen molar-refractivity contribution in [2.75, 3.05) is 19.7 Å². The van der Waals surface area contributed by atoms with Gasteiger partial charge in [0.25, 0.3) is 0 Å². The molecule has 1 heterocycles. The minimum atomic E-state index is -0.0344. The van der Waals surface area contributed by atoms with E-state index in [2.05, 4.69) is 42.6 Å². The number of amides is 2. The van der Waals surface area contributed by atoms with Crippen LogP contribution < -0.4 is 5.32 Å². The van der Waals surface area contributed by atoms with Gasteiger partial charge in [0.2, 0.25) is 0 Å². The van der Waals surface area contributed by atoms with Crippen molar-refractivity contribution in [3.8, 4) is 0 Å². The molecule has 2 amide bonds. The molecule has 1 fully saturated rings. The molecule has 1 saturated heterocycles. The topological polar surface area (TPSA) is 52.6 Å². The summed E-state index contributed by atoms with van der Waals surface area (Å²) in [6.45, 7) is 5.78. The van der Waals surface area contributed by atoms with E-state index in [1.165, 1.54) is 10.8 Å². The summed E-state index contributed by atoms with van der Waals surface area (Å²) < 4.78 is 0. The summed E-state index contributed by atoms with van der Waals surface area (Å²) in [5.74, 6) is 0. The van der Waals surface area contributed by atoms with E-state index in [1.807, 2.05) is 24.0 Å². The number of rotatable bonds is 4. The molecule has 3 rings (SSSR count). The third kappa shape index (κ3) is 3.79. The Hall–Kier alpha value is -2.07. The van der Waals surface area contributed by atoms with E-state index >= 15 is 0 Å². The van der Waals surface area contributed by atoms with Gasteiger partial charge >= 0.3 is 6.03 Å². The monoisotopic (exact) mass is 340 g/mol. The highest BCUT2D eigenvalue weighted by Gasteiger charge is 2.34. The van der Waals surface area contributed by atoms with Gasteiger partial charge in [-0.2, -0.15) is 0 Å². The van der Waals surface area contributed by atoms with Gasteiger partial charge in [0.1, 0.15) is 0 Å². The maximum Gasteiger partial charge on any atom is 0.317 e. The van der Waals surface area contributed by atoms with Crippen molar-refractivity contribution in [1.82, 2.24) is 10.2 Å². The quantitative estimate of drug-likeness (QED) is 0.880. The Balaban J connectivity index is 1.62. The number of hydrogen-bond donors (Lipinski definition) is 2. The molecule has 1 aliphatic rings. The van der Waals surface area contributed by atoms with Crippen LogP contribution in [0.1, 0.15) is 44.7 Å². The van der Waals surface area contributed by atoms with E-state index in [9.17, 15) is 9.90 Å². The standard InChI is InChI=1S/C21H28N2O2/c1-3-21(15-24)10-12-23(13-11-21)20(25)22-16(2)18-9-8-17-6-4-5-7-19(17)14-18/h4-9,14,16,24H,3,10-13,15H2,1-2H3,(H,22,25). The summed E-state index contributed by atoms with van der Waals surface area (Å²) in [5, 5.41) is 15.1. The third-order valence-corrected chi connectivity index (χ3v) is 5.81. The van der Waals surface area contributed by atoms with Crippen LogP contribution in [0.25, 0.3) is 10.8 Å². The molecular formula is C21H28N2O2. The molecule has 0 bridgehead atoms. The zero-order valence-corrected chi connectivity index (χ0v) is 15.2. The van der Waals surface area contributed by atoms with Crippen molar-refractivity contribution < 1.29 is 9.90 Å². The van der Waals surface area contributed by atoms with Gasteiger partial charge in [0.05, 0.1) is 6.04 Å². The SMILES string of the molecule is CCC1(CO)CCN(C(=O)NC(C)c2ccc3ccccc3c2)CC1. The lowest BCUT2D eigenvalue weighted by Crippen LogP contribution is -2.48. The highest BCUT2D eigenvalue weighted by molar-refractivity contribution is 5.83. The van der Waals surface area contributed by atoms with Crippen molar-refractivity contribution in [3.63, 3.8) is 0 Å². The predicted octanol–water partition coefficient (Wildman–Crippen LogP) is 4.09. The number of nitrogens with zero attached hydrogens (tertiary/aromatic N) is 1. The summed E-state index contributed by atoms with van der Waals surface area (Å²) in [6.07, 6.45) is 2.71. The van der Waals surface area contributed by atoms with E-state index in [0.717, 1.165) is 24.8 Å². The maximum atomic E-state index is 12.6. The Morgan fingerprint density at radius 1 is 1.20 bits per heavy atom. The van der Waals surface area contributed by atoms with Gasteiger partial charge in [-0.05, 0) is 54.0 Å². The van der Waals surface area contributed by atoms with Crippen molar-refractivity contribution in [2.45, 2.75) is 39.2 Å². The Bertz CT molecular complexity index is 730. The second kappa shape index (κ2) is 7.44. The normalized spacial score (nSPS) is 18.1. The molecule has 0 radical (unpaired) electrons. The zero-order valence-electron chi connectivity index (χ0n) is 15.2. The van der Waals surface area contributed by atoms with Crippen molar-refractivity contribution in [3.05, 3.63) is 48.0 Å². The first-order chi connectivity index (χ1) is 12.1. The van der Waals surface area contributed by atoms with Crippen LogP contribution in [0.3, 0.4) is 0 Å². The van der Waals surface area contributed by atoms with Gasteiger partial charge < -0.3 is 15.3 Å². The van der Waals surface area contributed by atoms with Crippen LogP contribution in [0, 0.1) is 5.41 Å². The van der Waals surface area contributed by atoms with Crippen molar-refractivity contribution >= 4 is 16.8 Å². The average molecular weight is 340 g/mol. The Morgan fingerprint density at radius 2 is 1.88 bits per heavy atom. The first-order valence-corrected chi connectivity index (χ1v) is 9.22. The van der Waals surface area contributed by atoms with Crippen molar-refractivity contribution in [2.24, 2.45) is 5.41 Å². The molecule has 4 heteroatoms. The average Bonchev–Trinajstić information content (AvgIpc) is 2.67. The summed E-state index contributed by atoms with van der Waals surface area (Å²) in [6, 6.07) is 14.5. The van der Waals surface area contributed by atoms with Crippen LogP contribution in [0.5, 0.6) is 0 Å². The summed E-state index contributed by atoms with van der Waals surface area (Å²) in [7, 11) is 0. The highest BCUT2D eigenvalue weighted by Crippen LogP contribution is 2.34. The van der Waals surface area contributed by atoms with Gasteiger partial charge in [-0.1, -0.05) is 43.3 Å². The first kappa shape index (κ1) is 17.7. The number of carbonyl (C=O) groups excluding carboxylic acids is 1. The molecule has 1 aliphatic heterocycles. The first-order valence-electron chi connectivity index (χ1n) is 9.22. The fourth-order valence-corrected chi connectivity index (χ4v) is 3.64. The molecule has 0 aliphatic carbocycles. The number of aliphatic hydroxyl groups is 1. The lowest BCUT2D eigenvalue weighted by Gasteiger charge is -2.40. The molecule has 0 aromatic heterocycles. The van der Waals surface area contributed by atoms with Gasteiger partial charge in [0, 0.05) is 19.7 Å². The Morgan fingerprint density at radius 3 is 2.52 bits per heavy atom. The van der Waals surface area contributed by atoms with E-state index in [0.29, 0.717) is 13.1 Å². The van der Waals surface area contributed by atoms with Crippen LogP contribution in [-0.2, 0) is 0 Å². The molecule has 1 unspecified atom stereocenters. The molecule has 134 valence electrons. The number of likely N-dealkylation sites (tertiary alicyclic amines) is 1. The Labute approximate surface area is 149 Å². The van der Waals surface area contributed by atoms with Gasteiger partial charge in [-0.15, -0.1) is 0 Å². The van der Waals surface area contributed by atoms with Gasteiger partial charge in [-0.25, -0.2) is 4.79 Å². The fourth-order valence-electron chi connectivity index (χ4n) is 3.64. The van der Waals surface area contributed by atoms with E-state index < -0.39 is 0 Å². The summed E-state index contributed by atoms with van der Waals surface area (Å²) >= 11 is 0. The largest absolute Gasteiger partial charge is 0.396 e. The molecule has 0 spiro atoms. The van der Waals surface area contributed by atoms with Crippen LogP contribution in [-0.4, -0.2) is 35.7 Å². The van der Waals surface area contributed by atoms with E-state index in [4.69, 9.17) is 0 Å². The third-order valence-electron chi connectivity index (χ3n) is 5.81.